The van der Waals surface area contributed by atoms with Gasteiger partial charge in [-0.15, -0.1) is 0 Å². The van der Waals surface area contributed by atoms with Crippen LogP contribution in [0.4, 0.5) is 0 Å². The number of fused-ring (bicyclic) bond motifs is 7. The van der Waals surface area contributed by atoms with Crippen molar-refractivity contribution in [3.63, 3.8) is 0 Å². The molecule has 5 aliphatic heterocycles. The van der Waals surface area contributed by atoms with Crippen LogP contribution in [0.5, 0.6) is 0 Å². The van der Waals surface area contributed by atoms with Crippen LogP contribution in [0.3, 0.4) is 0 Å². The Hall–Kier alpha value is -6.89. The summed E-state index contributed by atoms with van der Waals surface area (Å²) in [4.78, 5) is 204. The molecule has 1 aromatic heterocycles. The van der Waals surface area contributed by atoms with Gasteiger partial charge in [0.15, 0.2) is 0 Å². The summed E-state index contributed by atoms with van der Waals surface area (Å²) in [6.07, 6.45) is 2.67. The number of rotatable bonds is 16. The lowest BCUT2D eigenvalue weighted by molar-refractivity contribution is -0.146. The number of aromatic nitrogens is 2. The zero-order valence-corrected chi connectivity index (χ0v) is 53.6. The van der Waals surface area contributed by atoms with Gasteiger partial charge in [-0.25, -0.2) is 9.78 Å². The van der Waals surface area contributed by atoms with E-state index < -0.39 is 174 Å². The minimum Gasteiger partial charge on any atom is -0.480 e. The highest BCUT2D eigenvalue weighted by Gasteiger charge is 2.46. The first-order chi connectivity index (χ1) is 42.8. The number of hydrogen-bond donors (Lipinski definition) is 15. The van der Waals surface area contributed by atoms with Crippen LogP contribution in [0.15, 0.2) is 12.5 Å². The monoisotopic (exact) mass is 1340 g/mol. The zero-order valence-electron chi connectivity index (χ0n) is 50.3. The number of carbonyl (C=O) groups is 14. The summed E-state index contributed by atoms with van der Waals surface area (Å²) in [5.74, 6) is -14.3. The van der Waals surface area contributed by atoms with Crippen molar-refractivity contribution in [1.82, 2.24) is 78.3 Å². The fraction of sp³-hybridized carbons (Fsp3) is 0.685. The normalized spacial score (nSPS) is 28.0. The molecule has 6 heterocycles. The number of imidazole rings is 1. The van der Waals surface area contributed by atoms with E-state index in [1.54, 1.807) is 27.7 Å². The highest BCUT2D eigenvalue weighted by atomic mass is 33.1. The molecule has 0 saturated carbocycles. The Labute approximate surface area is 534 Å². The maximum absolute atomic E-state index is 14.9. The molecule has 2 bridgehead atoms. The third kappa shape index (κ3) is 21.1. The second-order valence-corrected chi connectivity index (χ2v) is 28.2. The van der Waals surface area contributed by atoms with Gasteiger partial charge in [0.05, 0.1) is 25.5 Å². The summed E-state index contributed by atoms with van der Waals surface area (Å²) in [6.45, 7) is 5.64. The molecule has 12 atom stereocenters. The largest absolute Gasteiger partial charge is 0.480 e. The van der Waals surface area contributed by atoms with Crippen molar-refractivity contribution in [2.75, 3.05) is 55.7 Å². The highest BCUT2D eigenvalue weighted by molar-refractivity contribution is 8.77. The van der Waals surface area contributed by atoms with Crippen LogP contribution in [-0.2, 0) is 73.5 Å². The lowest BCUT2D eigenvalue weighted by Crippen LogP contribution is -2.61. The van der Waals surface area contributed by atoms with E-state index in [-0.39, 0.29) is 93.7 Å². The summed E-state index contributed by atoms with van der Waals surface area (Å²) in [6, 6.07) is -15.4. The van der Waals surface area contributed by atoms with E-state index in [4.69, 9.17) is 5.73 Å². The summed E-state index contributed by atoms with van der Waals surface area (Å²) < 4.78 is 0. The maximum atomic E-state index is 14.9. The molecular formula is C54H82N16O16S4. The highest BCUT2D eigenvalue weighted by Crippen LogP contribution is 2.28. The molecule has 5 fully saturated rings. The third-order valence-corrected chi connectivity index (χ3v) is 20.2. The van der Waals surface area contributed by atoms with Crippen molar-refractivity contribution in [2.45, 2.75) is 164 Å². The van der Waals surface area contributed by atoms with Gasteiger partial charge in [-0.05, 0) is 69.7 Å². The van der Waals surface area contributed by atoms with Gasteiger partial charge in [-0.1, -0.05) is 70.9 Å². The van der Waals surface area contributed by atoms with Crippen LogP contribution >= 0.6 is 43.2 Å². The second-order valence-electron chi connectivity index (χ2n) is 23.1. The standard InChI is InChI=1S/C54H82N16O16S4/c1-26(2)16-31-47(78)65-34-22-88-87-21-33(45(76)58-20-41(74)69-14-7-9-37(69)50(81)61-29(46(77)62-31)8-5-6-13-55)64-49(80)35(66-51(82)42(27(3)4)68-40(73)19-57-44(75)30-10-11-39(72)60-30)23-89-90-24-36(54(85)86)67-52(83)43-38(71)12-15-70(43)53(84)32(63-48(34)79)17-28-18-56-25-59-28/h18,25-27,29-38,42-43,71H,5-17,19-24,55H2,1-4H3,(H,56,59)(H,57,75)(H,58,76)(H,60,72)(H,61,81)(H,62,77)(H,63,79)(H,64,80)(H,65,78)(H,66,82)(H,67,83)(H,68,73)(H,85,86)/t29-,30-,31-,32-,33-,34-,35-,36-,37+,38-,42-,43-/m0/s1. The Kier molecular flexibility index (Phi) is 28.1. The number of aliphatic hydroxyl groups is 1. The molecule has 1 aromatic rings. The molecule has 0 aromatic carbocycles. The fourth-order valence-corrected chi connectivity index (χ4v) is 15.1. The number of aromatic amines is 1. The number of H-pyrrole nitrogens is 1. The number of carboxylic acid groups (broad SMARTS) is 1. The van der Waals surface area contributed by atoms with Crippen molar-refractivity contribution >= 4 is 126 Å². The van der Waals surface area contributed by atoms with Gasteiger partial charge in [0.25, 0.3) is 0 Å². The summed E-state index contributed by atoms with van der Waals surface area (Å²) in [5.41, 5.74) is 6.13. The van der Waals surface area contributed by atoms with Crippen molar-refractivity contribution < 1.29 is 77.3 Å². The Balaban J connectivity index is 1.38. The first kappa shape index (κ1) is 72.2. The van der Waals surface area contributed by atoms with Crippen molar-refractivity contribution in [2.24, 2.45) is 17.6 Å². The van der Waals surface area contributed by atoms with Gasteiger partial charge in [0.1, 0.15) is 66.5 Å². The number of hydrogen-bond acceptors (Lipinski definition) is 21. The molecule has 32 nitrogen and oxygen atoms in total. The number of aliphatic carboxylic acids is 1. The number of nitrogens with zero attached hydrogens (tertiary/aromatic N) is 3. The third-order valence-electron chi connectivity index (χ3n) is 15.3. The van der Waals surface area contributed by atoms with Gasteiger partial charge >= 0.3 is 5.97 Å². The molecule has 5 aliphatic rings. The number of amides is 13. The Morgan fingerprint density at radius 3 is 2.03 bits per heavy atom. The predicted octanol–water partition coefficient (Wildman–Crippen LogP) is -5.00. The van der Waals surface area contributed by atoms with E-state index >= 15 is 0 Å². The Morgan fingerprint density at radius 2 is 1.38 bits per heavy atom. The van der Waals surface area contributed by atoms with Gasteiger partial charge in [0, 0.05) is 60.8 Å². The number of unbranched alkanes of at least 4 members (excludes halogenated alkanes) is 1. The lowest BCUT2D eigenvalue weighted by Gasteiger charge is -2.31. The zero-order chi connectivity index (χ0) is 65.8. The smallest absolute Gasteiger partial charge is 0.327 e. The molecular weight excluding hydrogens is 1260 g/mol. The minimum atomic E-state index is -1.69. The van der Waals surface area contributed by atoms with E-state index in [9.17, 15) is 77.3 Å². The molecule has 6 rings (SSSR count). The average Bonchev–Trinajstić information content (AvgIpc) is 1.90. The second kappa shape index (κ2) is 35.1. The molecule has 0 aliphatic carbocycles. The topological polar surface area (TPSA) is 473 Å². The van der Waals surface area contributed by atoms with Crippen LogP contribution in [0.2, 0.25) is 0 Å². The number of nitrogens with one attached hydrogen (secondary N) is 12. The van der Waals surface area contributed by atoms with Crippen LogP contribution in [0, 0.1) is 11.8 Å². The molecule has 16 N–H and O–H groups in total. The molecule has 13 amide bonds. The molecule has 36 heteroatoms. The molecule has 0 unspecified atom stereocenters. The molecule has 90 heavy (non-hydrogen) atoms. The van der Waals surface area contributed by atoms with Crippen LogP contribution < -0.4 is 64.2 Å². The SMILES string of the molecule is CC(C)C[C@@H]1NC(=O)[C@H](CCCCN)NC(=O)[C@H]2CCCN2C(=O)CNC(=O)[C@@H]2CSSC[C@H](NC1=O)C(=O)N[C@@H](Cc1cnc[nH]1)C(=O)N1CC[C@H](O)[C@H]1C(=O)N[C@H](C(=O)O)CSSC[C@H](NC(=O)[C@@H](NC(=O)CNC(=O)[C@@H]1CCC(=O)N1)C(C)C)C(=O)N2. The van der Waals surface area contributed by atoms with E-state index in [0.29, 0.717) is 25.0 Å². The van der Waals surface area contributed by atoms with Crippen molar-refractivity contribution in [3.05, 3.63) is 18.2 Å². The van der Waals surface area contributed by atoms with Crippen LogP contribution in [-0.4, -0.2) is 241 Å². The van der Waals surface area contributed by atoms with E-state index in [1.165, 1.54) is 17.4 Å². The quantitative estimate of drug-likeness (QED) is 0.0544. The minimum absolute atomic E-state index is 0.0252. The number of nitrogens with two attached hydrogens (primary N) is 1. The van der Waals surface area contributed by atoms with Crippen molar-refractivity contribution in [1.29, 1.82) is 0 Å². The van der Waals surface area contributed by atoms with E-state index in [0.717, 1.165) is 48.1 Å². The number of carboxylic acids is 1. The Bertz CT molecular complexity index is 2790. The molecule has 498 valence electrons. The average molecular weight is 1340 g/mol. The van der Waals surface area contributed by atoms with Crippen LogP contribution in [0.1, 0.15) is 91.2 Å². The van der Waals surface area contributed by atoms with E-state index in [2.05, 4.69) is 68.5 Å². The molecule has 0 radical (unpaired) electrons. The van der Waals surface area contributed by atoms with Gasteiger partial charge in [-0.2, -0.15) is 0 Å². The van der Waals surface area contributed by atoms with Gasteiger partial charge in [0.2, 0.25) is 76.8 Å². The fourth-order valence-electron chi connectivity index (χ4n) is 10.5. The summed E-state index contributed by atoms with van der Waals surface area (Å²) in [7, 11) is 3.59. The molecule has 0 spiro atoms. The Morgan fingerprint density at radius 1 is 0.711 bits per heavy atom. The van der Waals surface area contributed by atoms with Crippen molar-refractivity contribution in [3.8, 4) is 0 Å². The van der Waals surface area contributed by atoms with Crippen LogP contribution in [0.25, 0.3) is 0 Å². The molecule has 5 saturated heterocycles. The maximum Gasteiger partial charge on any atom is 0.327 e. The first-order valence-corrected chi connectivity index (χ1v) is 34.8. The van der Waals surface area contributed by atoms with Gasteiger partial charge in [-0.3, -0.25) is 62.3 Å². The first-order valence-electron chi connectivity index (χ1n) is 29.8. The summed E-state index contributed by atoms with van der Waals surface area (Å²) >= 11 is 0. The predicted molar refractivity (Wildman–Crippen MR) is 330 cm³/mol. The lowest BCUT2D eigenvalue weighted by atomic mass is 10.0. The summed E-state index contributed by atoms with van der Waals surface area (Å²) in [5, 5.41) is 50.2. The van der Waals surface area contributed by atoms with E-state index in [1.807, 2.05) is 0 Å². The van der Waals surface area contributed by atoms with Gasteiger partial charge < -0.3 is 89.2 Å². The number of aliphatic hydroxyl groups excluding tert-OH is 1. The number of carbonyl (C=O) groups excluding carboxylic acids is 13.